The second kappa shape index (κ2) is 4.56. The fourth-order valence-corrected chi connectivity index (χ4v) is 4.45. The lowest BCUT2D eigenvalue weighted by atomic mass is 9.72. The van der Waals surface area contributed by atoms with E-state index in [4.69, 9.17) is 5.73 Å². The molecule has 2 rings (SSSR count). The van der Waals surface area contributed by atoms with Crippen LogP contribution in [0.2, 0.25) is 0 Å². The summed E-state index contributed by atoms with van der Waals surface area (Å²) in [6.45, 7) is 2.28. The van der Waals surface area contributed by atoms with Gasteiger partial charge in [0.2, 0.25) is 0 Å². The van der Waals surface area contributed by atoms with Gasteiger partial charge in [0.25, 0.3) is 0 Å². The first-order valence-electron chi connectivity index (χ1n) is 5.67. The van der Waals surface area contributed by atoms with Crippen LogP contribution in [0.3, 0.4) is 0 Å². The van der Waals surface area contributed by atoms with E-state index in [1.807, 2.05) is 0 Å². The minimum Gasteiger partial charge on any atom is -0.321 e. The second-order valence-electron chi connectivity index (χ2n) is 4.66. The lowest BCUT2D eigenvalue weighted by Crippen LogP contribution is -2.41. The smallest absolute Gasteiger partial charge is 0.0431 e. The van der Waals surface area contributed by atoms with Crippen LogP contribution in [-0.2, 0) is 5.54 Å². The Morgan fingerprint density at radius 1 is 1.60 bits per heavy atom. The van der Waals surface area contributed by atoms with Gasteiger partial charge in [0.15, 0.2) is 0 Å². The molecule has 0 bridgehead atoms. The summed E-state index contributed by atoms with van der Waals surface area (Å²) in [6, 6.07) is 0. The van der Waals surface area contributed by atoms with Gasteiger partial charge < -0.3 is 5.73 Å². The molecule has 15 heavy (non-hydrogen) atoms. The summed E-state index contributed by atoms with van der Waals surface area (Å²) >= 11 is 5.35. The first kappa shape index (κ1) is 11.6. The van der Waals surface area contributed by atoms with Gasteiger partial charge in [0, 0.05) is 15.4 Å². The predicted octanol–water partition coefficient (Wildman–Crippen LogP) is 4.26. The van der Waals surface area contributed by atoms with Crippen molar-refractivity contribution >= 4 is 27.3 Å². The van der Waals surface area contributed by atoms with Crippen LogP contribution in [0, 0.1) is 5.92 Å². The fraction of sp³-hybridized carbons (Fsp3) is 0.667. The zero-order valence-electron chi connectivity index (χ0n) is 9.13. The summed E-state index contributed by atoms with van der Waals surface area (Å²) in [7, 11) is 0. The molecule has 1 nitrogen and oxygen atoms in total. The molecule has 2 atom stereocenters. The van der Waals surface area contributed by atoms with Crippen LogP contribution >= 0.6 is 27.3 Å². The standard InChI is InChI=1S/C12H18BrNS/c1-2-9-4-3-5-12(14,6-9)10-7-15-8-11(10)13/h7-9H,2-6,14H2,1H3. The summed E-state index contributed by atoms with van der Waals surface area (Å²) < 4.78 is 1.20. The summed E-state index contributed by atoms with van der Waals surface area (Å²) in [5.74, 6) is 0.815. The molecular weight excluding hydrogens is 270 g/mol. The quantitative estimate of drug-likeness (QED) is 0.864. The Labute approximate surface area is 104 Å². The van der Waals surface area contributed by atoms with Gasteiger partial charge in [-0.1, -0.05) is 26.2 Å². The Morgan fingerprint density at radius 3 is 3.00 bits per heavy atom. The molecule has 1 aromatic heterocycles. The highest BCUT2D eigenvalue weighted by molar-refractivity contribution is 9.10. The molecule has 1 saturated carbocycles. The average molecular weight is 288 g/mol. The molecular formula is C12H18BrNS. The highest BCUT2D eigenvalue weighted by atomic mass is 79.9. The van der Waals surface area contributed by atoms with Crippen LogP contribution < -0.4 is 5.73 Å². The number of hydrogen-bond acceptors (Lipinski definition) is 2. The average Bonchev–Trinajstić information content (AvgIpc) is 2.65. The third kappa shape index (κ3) is 2.29. The third-order valence-electron chi connectivity index (χ3n) is 3.62. The van der Waals surface area contributed by atoms with Crippen LogP contribution in [0.5, 0.6) is 0 Å². The maximum absolute atomic E-state index is 6.57. The van der Waals surface area contributed by atoms with Crippen LogP contribution in [-0.4, -0.2) is 0 Å². The fourth-order valence-electron chi connectivity index (χ4n) is 2.66. The van der Waals surface area contributed by atoms with Crippen molar-refractivity contribution in [3.05, 3.63) is 20.8 Å². The zero-order valence-corrected chi connectivity index (χ0v) is 11.5. The molecule has 2 unspecified atom stereocenters. The third-order valence-corrected chi connectivity index (χ3v) is 5.32. The molecule has 1 aliphatic carbocycles. The van der Waals surface area contributed by atoms with Gasteiger partial charge in [0.05, 0.1) is 0 Å². The largest absolute Gasteiger partial charge is 0.321 e. The van der Waals surface area contributed by atoms with E-state index in [9.17, 15) is 0 Å². The van der Waals surface area contributed by atoms with Gasteiger partial charge in [0.1, 0.15) is 0 Å². The highest BCUT2D eigenvalue weighted by Crippen LogP contribution is 2.42. The Morgan fingerprint density at radius 2 is 2.40 bits per heavy atom. The molecule has 1 heterocycles. The Hall–Kier alpha value is 0.140. The van der Waals surface area contributed by atoms with Crippen molar-refractivity contribution in [1.29, 1.82) is 0 Å². The van der Waals surface area contributed by atoms with Gasteiger partial charge >= 0.3 is 0 Å². The van der Waals surface area contributed by atoms with Gasteiger partial charge in [-0.25, -0.2) is 0 Å². The van der Waals surface area contributed by atoms with Crippen molar-refractivity contribution in [2.24, 2.45) is 11.7 Å². The van der Waals surface area contributed by atoms with Crippen molar-refractivity contribution in [3.8, 4) is 0 Å². The summed E-state index contributed by atoms with van der Waals surface area (Å²) in [5.41, 5.74) is 7.82. The number of halogens is 1. The van der Waals surface area contributed by atoms with Crippen molar-refractivity contribution in [1.82, 2.24) is 0 Å². The number of thiophene rings is 1. The number of hydrogen-bond donors (Lipinski definition) is 1. The van der Waals surface area contributed by atoms with Crippen molar-refractivity contribution < 1.29 is 0 Å². The second-order valence-corrected chi connectivity index (χ2v) is 6.26. The van der Waals surface area contributed by atoms with E-state index >= 15 is 0 Å². The van der Waals surface area contributed by atoms with Crippen molar-refractivity contribution in [2.75, 3.05) is 0 Å². The summed E-state index contributed by atoms with van der Waals surface area (Å²) in [6.07, 6.45) is 6.19. The van der Waals surface area contributed by atoms with Gasteiger partial charge in [-0.2, -0.15) is 11.3 Å². The Kier molecular flexibility index (Phi) is 3.53. The number of nitrogens with two attached hydrogens (primary N) is 1. The van der Waals surface area contributed by atoms with E-state index in [-0.39, 0.29) is 5.54 Å². The number of rotatable bonds is 2. The molecule has 84 valence electrons. The molecule has 1 fully saturated rings. The van der Waals surface area contributed by atoms with Crippen molar-refractivity contribution in [3.63, 3.8) is 0 Å². The first-order chi connectivity index (χ1) is 7.15. The SMILES string of the molecule is CCC1CCCC(N)(c2cscc2Br)C1. The van der Waals surface area contributed by atoms with Crippen molar-refractivity contribution in [2.45, 2.75) is 44.6 Å². The molecule has 2 N–H and O–H groups in total. The van der Waals surface area contributed by atoms with E-state index < -0.39 is 0 Å². The summed E-state index contributed by atoms with van der Waals surface area (Å²) in [5, 5.41) is 4.35. The molecule has 1 aliphatic rings. The van der Waals surface area contributed by atoms with E-state index in [1.54, 1.807) is 11.3 Å². The van der Waals surface area contributed by atoms with Crippen LogP contribution in [0.1, 0.15) is 44.6 Å². The molecule has 1 aromatic rings. The van der Waals surface area contributed by atoms with Crippen LogP contribution in [0.25, 0.3) is 0 Å². The lowest BCUT2D eigenvalue weighted by Gasteiger charge is -2.38. The van der Waals surface area contributed by atoms with E-state index in [2.05, 4.69) is 33.6 Å². The molecule has 0 aromatic carbocycles. The Bertz CT molecular complexity index is 336. The van der Waals surface area contributed by atoms with Crippen LogP contribution in [0.4, 0.5) is 0 Å². The normalized spacial score (nSPS) is 31.8. The lowest BCUT2D eigenvalue weighted by molar-refractivity contribution is 0.221. The first-order valence-corrected chi connectivity index (χ1v) is 7.40. The predicted molar refractivity (Wildman–Crippen MR) is 70.1 cm³/mol. The molecule has 0 radical (unpaired) electrons. The molecule has 0 aliphatic heterocycles. The topological polar surface area (TPSA) is 26.0 Å². The Balaban J connectivity index is 2.22. The molecule has 0 amide bonds. The van der Waals surface area contributed by atoms with Gasteiger partial charge in [-0.15, -0.1) is 0 Å². The van der Waals surface area contributed by atoms with E-state index in [0.717, 1.165) is 18.8 Å². The minimum atomic E-state index is -0.0717. The minimum absolute atomic E-state index is 0.0717. The molecule has 3 heteroatoms. The maximum Gasteiger partial charge on any atom is 0.0431 e. The monoisotopic (exact) mass is 287 g/mol. The molecule has 0 spiro atoms. The maximum atomic E-state index is 6.57. The van der Waals surface area contributed by atoms with E-state index in [0.29, 0.717) is 0 Å². The highest BCUT2D eigenvalue weighted by Gasteiger charge is 2.35. The van der Waals surface area contributed by atoms with Gasteiger partial charge in [-0.05, 0) is 45.6 Å². The molecule has 0 saturated heterocycles. The van der Waals surface area contributed by atoms with Crippen LogP contribution in [0.15, 0.2) is 15.2 Å². The summed E-state index contributed by atoms with van der Waals surface area (Å²) in [4.78, 5) is 0. The zero-order chi connectivity index (χ0) is 10.9. The van der Waals surface area contributed by atoms with E-state index in [1.165, 1.54) is 29.3 Å². The van der Waals surface area contributed by atoms with Gasteiger partial charge in [-0.3, -0.25) is 0 Å².